The summed E-state index contributed by atoms with van der Waals surface area (Å²) in [4.78, 5) is 0. The Hall–Kier alpha value is -1.32. The molecule has 3 heteroatoms. The number of nitrogens with two attached hydrogens (primary N) is 1. The van der Waals surface area contributed by atoms with Crippen LogP contribution >= 0.6 is 0 Å². The van der Waals surface area contributed by atoms with Crippen LogP contribution < -0.4 is 5.73 Å². The number of benzene rings is 1. The van der Waals surface area contributed by atoms with Crippen LogP contribution in [0.3, 0.4) is 0 Å². The molecule has 3 nitrogen and oxygen atoms in total. The van der Waals surface area contributed by atoms with Gasteiger partial charge in [-0.1, -0.05) is 25.1 Å². The zero-order valence-electron chi connectivity index (χ0n) is 11.1. The highest BCUT2D eigenvalue weighted by Crippen LogP contribution is 2.20. The Morgan fingerprint density at radius 3 is 2.89 bits per heavy atom. The second-order valence-electron chi connectivity index (χ2n) is 4.52. The first kappa shape index (κ1) is 13.1. The molecule has 0 aliphatic heterocycles. The van der Waals surface area contributed by atoms with Crippen molar-refractivity contribution < 1.29 is 4.74 Å². The Kier molecular flexibility index (Phi) is 4.79. The van der Waals surface area contributed by atoms with Crippen molar-refractivity contribution in [1.29, 1.82) is 0 Å². The van der Waals surface area contributed by atoms with Crippen LogP contribution in [0, 0.1) is 0 Å². The summed E-state index contributed by atoms with van der Waals surface area (Å²) in [5.41, 5.74) is 8.31. The Morgan fingerprint density at radius 2 is 2.11 bits per heavy atom. The highest BCUT2D eigenvalue weighted by atomic mass is 16.5. The zero-order valence-corrected chi connectivity index (χ0v) is 11.1. The number of rotatable bonds is 7. The second-order valence-corrected chi connectivity index (χ2v) is 4.52. The second kappa shape index (κ2) is 6.57. The van der Waals surface area contributed by atoms with Gasteiger partial charge in [-0.25, -0.2) is 0 Å². The van der Waals surface area contributed by atoms with Crippen LogP contribution in [0.1, 0.15) is 18.9 Å². The van der Waals surface area contributed by atoms with Gasteiger partial charge in [0.25, 0.3) is 0 Å². The summed E-state index contributed by atoms with van der Waals surface area (Å²) in [6, 6.07) is 8.58. The van der Waals surface area contributed by atoms with E-state index in [0.29, 0.717) is 6.54 Å². The van der Waals surface area contributed by atoms with Gasteiger partial charge in [-0.05, 0) is 36.4 Å². The molecule has 0 radical (unpaired) electrons. The number of ether oxygens (including phenoxy) is 1. The minimum Gasteiger partial charge on any atom is -0.380 e. The molecule has 0 aliphatic carbocycles. The van der Waals surface area contributed by atoms with Crippen molar-refractivity contribution in [3.63, 3.8) is 0 Å². The summed E-state index contributed by atoms with van der Waals surface area (Å²) in [5.74, 6) is 0. The minimum atomic E-state index is 0.691. The van der Waals surface area contributed by atoms with Gasteiger partial charge in [0.2, 0.25) is 0 Å². The predicted octanol–water partition coefficient (Wildman–Crippen LogP) is 2.57. The number of hydrogen-bond acceptors (Lipinski definition) is 2. The van der Waals surface area contributed by atoms with Crippen LogP contribution in [0.15, 0.2) is 30.5 Å². The lowest BCUT2D eigenvalue weighted by molar-refractivity contribution is 0.127. The fourth-order valence-electron chi connectivity index (χ4n) is 2.29. The summed E-state index contributed by atoms with van der Waals surface area (Å²) < 4.78 is 7.83. The largest absolute Gasteiger partial charge is 0.380 e. The zero-order chi connectivity index (χ0) is 12.8. The van der Waals surface area contributed by atoms with E-state index in [1.165, 1.54) is 16.5 Å². The summed E-state index contributed by atoms with van der Waals surface area (Å²) >= 11 is 0. The monoisotopic (exact) mass is 246 g/mol. The van der Waals surface area contributed by atoms with Crippen LogP contribution in [0.25, 0.3) is 10.9 Å². The molecule has 0 aliphatic rings. The number of fused-ring (bicyclic) bond motifs is 1. The molecule has 0 fully saturated rings. The number of nitrogens with zero attached hydrogens (tertiary/aromatic N) is 1. The van der Waals surface area contributed by atoms with Gasteiger partial charge < -0.3 is 15.0 Å². The average Bonchev–Trinajstić information content (AvgIpc) is 2.80. The molecule has 2 rings (SSSR count). The first-order valence-corrected chi connectivity index (χ1v) is 6.71. The molecule has 0 saturated carbocycles. The maximum absolute atomic E-state index is 5.68. The van der Waals surface area contributed by atoms with Crippen molar-refractivity contribution in [2.75, 3.05) is 19.8 Å². The van der Waals surface area contributed by atoms with Crippen LogP contribution in [0.4, 0.5) is 0 Å². The van der Waals surface area contributed by atoms with Crippen molar-refractivity contribution in [2.24, 2.45) is 5.73 Å². The predicted molar refractivity (Wildman–Crippen MR) is 75.8 cm³/mol. The minimum absolute atomic E-state index is 0.691. The molecule has 0 spiro atoms. The Bertz CT molecular complexity index is 490. The summed E-state index contributed by atoms with van der Waals surface area (Å²) in [6.07, 6.45) is 4.14. The number of aromatic nitrogens is 1. The van der Waals surface area contributed by atoms with Crippen LogP contribution in [0.2, 0.25) is 0 Å². The number of para-hydroxylation sites is 1. The normalized spacial score (nSPS) is 11.2. The van der Waals surface area contributed by atoms with E-state index >= 15 is 0 Å². The van der Waals surface area contributed by atoms with E-state index < -0.39 is 0 Å². The van der Waals surface area contributed by atoms with E-state index in [2.05, 4.69) is 42.0 Å². The third kappa shape index (κ3) is 2.92. The molecule has 0 unspecified atom stereocenters. The maximum atomic E-state index is 5.68. The third-order valence-corrected chi connectivity index (χ3v) is 3.11. The van der Waals surface area contributed by atoms with E-state index in [1.54, 1.807) is 0 Å². The topological polar surface area (TPSA) is 40.2 Å². The molecule has 0 amide bonds. The third-order valence-electron chi connectivity index (χ3n) is 3.11. The highest BCUT2D eigenvalue weighted by Gasteiger charge is 2.05. The first-order valence-electron chi connectivity index (χ1n) is 6.71. The molecule has 2 N–H and O–H groups in total. The molecule has 0 saturated heterocycles. The van der Waals surface area contributed by atoms with E-state index in [0.717, 1.165) is 32.6 Å². The van der Waals surface area contributed by atoms with Gasteiger partial charge in [-0.15, -0.1) is 0 Å². The van der Waals surface area contributed by atoms with Crippen LogP contribution in [-0.2, 0) is 17.7 Å². The van der Waals surface area contributed by atoms with Crippen LogP contribution in [-0.4, -0.2) is 24.3 Å². The maximum Gasteiger partial charge on any atom is 0.0645 e. The Balaban J connectivity index is 2.16. The molecular weight excluding hydrogens is 224 g/mol. The standard InChI is InChI=1S/C15H22N2O/c1-2-11-18-12-10-17-9-7-14-5-3-4-13(6-8-16)15(14)17/h3-5,7,9H,2,6,8,10-12,16H2,1H3. The van der Waals surface area contributed by atoms with Gasteiger partial charge in [0.1, 0.15) is 0 Å². The van der Waals surface area contributed by atoms with Crippen molar-refractivity contribution >= 4 is 10.9 Å². The fourth-order valence-corrected chi connectivity index (χ4v) is 2.29. The average molecular weight is 246 g/mol. The quantitative estimate of drug-likeness (QED) is 0.763. The summed E-state index contributed by atoms with van der Waals surface area (Å²) in [5, 5.41) is 1.29. The molecule has 0 bridgehead atoms. The SMILES string of the molecule is CCCOCCn1ccc2cccc(CCN)c21. The Labute approximate surface area is 109 Å². The molecule has 1 aromatic heterocycles. The van der Waals surface area contributed by atoms with E-state index in [4.69, 9.17) is 10.5 Å². The van der Waals surface area contributed by atoms with Gasteiger partial charge in [0.15, 0.2) is 0 Å². The van der Waals surface area contributed by atoms with Crippen LogP contribution in [0.5, 0.6) is 0 Å². The molecule has 1 heterocycles. The van der Waals surface area contributed by atoms with Crippen molar-refractivity contribution in [1.82, 2.24) is 4.57 Å². The summed E-state index contributed by atoms with van der Waals surface area (Å²) in [7, 11) is 0. The van der Waals surface area contributed by atoms with Crippen molar-refractivity contribution in [3.8, 4) is 0 Å². The molecule has 98 valence electrons. The lowest BCUT2D eigenvalue weighted by Gasteiger charge is -2.09. The van der Waals surface area contributed by atoms with Gasteiger partial charge in [0, 0.05) is 19.3 Å². The molecule has 2 aromatic rings. The molecule has 0 atom stereocenters. The molecule has 18 heavy (non-hydrogen) atoms. The van der Waals surface area contributed by atoms with E-state index in [-0.39, 0.29) is 0 Å². The smallest absolute Gasteiger partial charge is 0.0645 e. The molecular formula is C15H22N2O. The van der Waals surface area contributed by atoms with Gasteiger partial charge in [-0.2, -0.15) is 0 Å². The lowest BCUT2D eigenvalue weighted by Crippen LogP contribution is -2.08. The van der Waals surface area contributed by atoms with Crippen molar-refractivity contribution in [3.05, 3.63) is 36.0 Å². The van der Waals surface area contributed by atoms with E-state index in [1.807, 2.05) is 0 Å². The summed E-state index contributed by atoms with van der Waals surface area (Å²) in [6.45, 7) is 5.34. The van der Waals surface area contributed by atoms with Crippen molar-refractivity contribution in [2.45, 2.75) is 26.3 Å². The van der Waals surface area contributed by atoms with Gasteiger partial charge >= 0.3 is 0 Å². The van der Waals surface area contributed by atoms with Gasteiger partial charge in [0.05, 0.1) is 12.1 Å². The first-order chi connectivity index (χ1) is 8.86. The van der Waals surface area contributed by atoms with E-state index in [9.17, 15) is 0 Å². The number of hydrogen-bond donors (Lipinski definition) is 1. The molecule has 1 aromatic carbocycles. The lowest BCUT2D eigenvalue weighted by atomic mass is 10.1. The Morgan fingerprint density at radius 1 is 1.22 bits per heavy atom. The highest BCUT2D eigenvalue weighted by molar-refractivity contribution is 5.83. The fraction of sp³-hybridized carbons (Fsp3) is 0.467. The van der Waals surface area contributed by atoms with Gasteiger partial charge in [-0.3, -0.25) is 0 Å².